The van der Waals surface area contributed by atoms with Gasteiger partial charge >= 0.3 is 0 Å². The van der Waals surface area contributed by atoms with E-state index in [1.54, 1.807) is 18.3 Å². The third kappa shape index (κ3) is 2.31. The molecule has 4 nitrogen and oxygen atoms in total. The Morgan fingerprint density at radius 3 is 2.60 bits per heavy atom. The lowest BCUT2D eigenvalue weighted by molar-refractivity contribution is 0.100. The maximum absolute atomic E-state index is 11.5. The molecule has 0 saturated heterocycles. The van der Waals surface area contributed by atoms with Crippen LogP contribution in [0.1, 0.15) is 10.4 Å². The highest BCUT2D eigenvalue weighted by molar-refractivity contribution is 7.13. The number of rotatable bonds is 3. The van der Waals surface area contributed by atoms with E-state index >= 15 is 0 Å². The molecule has 0 fully saturated rings. The van der Waals surface area contributed by atoms with Gasteiger partial charge in [-0.3, -0.25) is 9.78 Å². The number of thiazole rings is 1. The first-order chi connectivity index (χ1) is 9.75. The van der Waals surface area contributed by atoms with E-state index in [2.05, 4.69) is 9.97 Å². The first-order valence-corrected chi connectivity index (χ1v) is 6.90. The van der Waals surface area contributed by atoms with Crippen molar-refractivity contribution in [2.45, 2.75) is 0 Å². The lowest BCUT2D eigenvalue weighted by Gasteiger charge is -2.02. The Morgan fingerprint density at radius 1 is 1.05 bits per heavy atom. The van der Waals surface area contributed by atoms with Crippen molar-refractivity contribution in [2.24, 2.45) is 5.73 Å². The summed E-state index contributed by atoms with van der Waals surface area (Å²) < 4.78 is 0. The van der Waals surface area contributed by atoms with Crippen LogP contribution in [0.5, 0.6) is 0 Å². The minimum atomic E-state index is -0.449. The van der Waals surface area contributed by atoms with Gasteiger partial charge in [0, 0.05) is 22.7 Å². The minimum Gasteiger partial charge on any atom is -0.366 e. The number of benzene rings is 1. The number of amides is 1. The third-order valence-corrected chi connectivity index (χ3v) is 3.73. The van der Waals surface area contributed by atoms with Crippen LogP contribution in [-0.2, 0) is 0 Å². The predicted molar refractivity (Wildman–Crippen MR) is 79.3 cm³/mol. The minimum absolute atomic E-state index is 0.449. The Balaban J connectivity index is 2.05. The Kier molecular flexibility index (Phi) is 3.26. The molecule has 1 aromatic carbocycles. The fourth-order valence-corrected chi connectivity index (χ4v) is 2.77. The molecule has 0 aliphatic heterocycles. The summed E-state index contributed by atoms with van der Waals surface area (Å²) in [6.07, 6.45) is 1.73. The van der Waals surface area contributed by atoms with Crippen LogP contribution in [-0.4, -0.2) is 15.9 Å². The Morgan fingerprint density at radius 2 is 1.85 bits per heavy atom. The summed E-state index contributed by atoms with van der Waals surface area (Å²) in [5, 5.41) is 2.69. The molecule has 2 heterocycles. The van der Waals surface area contributed by atoms with E-state index in [-0.39, 0.29) is 0 Å². The van der Waals surface area contributed by atoms with E-state index in [0.29, 0.717) is 5.56 Å². The van der Waals surface area contributed by atoms with Gasteiger partial charge in [0.1, 0.15) is 10.7 Å². The van der Waals surface area contributed by atoms with Gasteiger partial charge in [-0.05, 0) is 18.2 Å². The molecule has 5 heteroatoms. The van der Waals surface area contributed by atoms with Gasteiger partial charge in [0.2, 0.25) is 5.91 Å². The monoisotopic (exact) mass is 281 g/mol. The summed E-state index contributed by atoms with van der Waals surface area (Å²) >= 11 is 1.47. The molecule has 98 valence electrons. The Labute approximate surface area is 119 Å². The van der Waals surface area contributed by atoms with Crippen LogP contribution in [0.3, 0.4) is 0 Å². The Hall–Kier alpha value is -2.53. The van der Waals surface area contributed by atoms with Gasteiger partial charge in [-0.25, -0.2) is 4.98 Å². The van der Waals surface area contributed by atoms with E-state index in [0.717, 1.165) is 22.0 Å². The number of primary amides is 1. The highest BCUT2D eigenvalue weighted by Crippen LogP contribution is 2.30. The Bertz CT molecular complexity index is 753. The zero-order chi connectivity index (χ0) is 13.9. The summed E-state index contributed by atoms with van der Waals surface area (Å²) in [6, 6.07) is 12.9. The molecule has 2 N–H and O–H groups in total. The van der Waals surface area contributed by atoms with Gasteiger partial charge in [-0.1, -0.05) is 24.3 Å². The smallest absolute Gasteiger partial charge is 0.249 e. The first-order valence-electron chi connectivity index (χ1n) is 6.02. The van der Waals surface area contributed by atoms with Crippen LogP contribution in [0.4, 0.5) is 0 Å². The molecule has 3 rings (SSSR count). The second kappa shape index (κ2) is 5.22. The zero-order valence-corrected chi connectivity index (χ0v) is 11.3. The van der Waals surface area contributed by atoms with E-state index in [4.69, 9.17) is 5.73 Å². The van der Waals surface area contributed by atoms with Crippen molar-refractivity contribution in [3.05, 3.63) is 59.6 Å². The van der Waals surface area contributed by atoms with Crippen LogP contribution < -0.4 is 5.73 Å². The normalized spacial score (nSPS) is 10.4. The molecular weight excluding hydrogens is 270 g/mol. The third-order valence-electron chi connectivity index (χ3n) is 2.85. The summed E-state index contributed by atoms with van der Waals surface area (Å²) in [5.74, 6) is -0.449. The van der Waals surface area contributed by atoms with E-state index in [9.17, 15) is 4.79 Å². The molecule has 2 aromatic heterocycles. The SMILES string of the molecule is NC(=O)c1ccccc1-c1nc(-c2ccccn2)cs1. The number of hydrogen-bond acceptors (Lipinski definition) is 4. The van der Waals surface area contributed by atoms with Crippen molar-refractivity contribution in [3.63, 3.8) is 0 Å². The molecule has 1 amide bonds. The number of carbonyl (C=O) groups excluding carboxylic acids is 1. The van der Waals surface area contributed by atoms with Crippen LogP contribution in [0, 0.1) is 0 Å². The van der Waals surface area contributed by atoms with Crippen LogP contribution in [0.15, 0.2) is 54.0 Å². The molecule has 0 aliphatic carbocycles. The fourth-order valence-electron chi connectivity index (χ4n) is 1.91. The highest BCUT2D eigenvalue weighted by atomic mass is 32.1. The molecule has 0 unspecified atom stereocenters. The van der Waals surface area contributed by atoms with Gasteiger partial charge in [0.05, 0.1) is 5.69 Å². The van der Waals surface area contributed by atoms with Crippen LogP contribution in [0.25, 0.3) is 22.0 Å². The van der Waals surface area contributed by atoms with E-state index < -0.39 is 5.91 Å². The molecule has 0 aliphatic rings. The molecule has 0 saturated carbocycles. The summed E-state index contributed by atoms with van der Waals surface area (Å²) in [7, 11) is 0. The standard InChI is InChI=1S/C15H11N3OS/c16-14(19)10-5-1-2-6-11(10)15-18-13(9-20-15)12-7-3-4-8-17-12/h1-9H,(H2,16,19). The average molecular weight is 281 g/mol. The number of nitrogens with zero attached hydrogens (tertiary/aromatic N) is 2. The van der Waals surface area contributed by atoms with E-state index in [1.807, 2.05) is 35.7 Å². The molecule has 20 heavy (non-hydrogen) atoms. The summed E-state index contributed by atoms with van der Waals surface area (Å²) in [5.41, 5.74) is 8.24. The van der Waals surface area contributed by atoms with Crippen molar-refractivity contribution in [2.75, 3.05) is 0 Å². The first kappa shape index (κ1) is 12.5. The average Bonchev–Trinajstić information content (AvgIpc) is 2.98. The molecular formula is C15H11N3OS. The number of pyridine rings is 1. The molecule has 0 radical (unpaired) electrons. The number of carbonyl (C=O) groups is 1. The zero-order valence-electron chi connectivity index (χ0n) is 10.5. The largest absolute Gasteiger partial charge is 0.366 e. The van der Waals surface area contributed by atoms with Crippen molar-refractivity contribution in [3.8, 4) is 22.0 Å². The quantitative estimate of drug-likeness (QED) is 0.802. The maximum atomic E-state index is 11.5. The van der Waals surface area contributed by atoms with Gasteiger partial charge in [-0.2, -0.15) is 0 Å². The van der Waals surface area contributed by atoms with E-state index in [1.165, 1.54) is 11.3 Å². The lowest BCUT2D eigenvalue weighted by atomic mass is 10.1. The van der Waals surface area contributed by atoms with Crippen molar-refractivity contribution in [1.29, 1.82) is 0 Å². The summed E-state index contributed by atoms with van der Waals surface area (Å²) in [4.78, 5) is 20.3. The molecule has 0 spiro atoms. The number of hydrogen-bond donors (Lipinski definition) is 1. The molecule has 3 aromatic rings. The second-order valence-corrected chi connectivity index (χ2v) is 5.02. The van der Waals surface area contributed by atoms with Gasteiger partial charge in [-0.15, -0.1) is 11.3 Å². The van der Waals surface area contributed by atoms with Crippen LogP contribution in [0.2, 0.25) is 0 Å². The highest BCUT2D eigenvalue weighted by Gasteiger charge is 2.13. The van der Waals surface area contributed by atoms with Gasteiger partial charge in [0.15, 0.2) is 0 Å². The van der Waals surface area contributed by atoms with Gasteiger partial charge in [0.25, 0.3) is 0 Å². The maximum Gasteiger partial charge on any atom is 0.249 e. The summed E-state index contributed by atoms with van der Waals surface area (Å²) in [6.45, 7) is 0. The number of aromatic nitrogens is 2. The molecule has 0 atom stereocenters. The lowest BCUT2D eigenvalue weighted by Crippen LogP contribution is -2.12. The van der Waals surface area contributed by atoms with Crippen LogP contribution >= 0.6 is 11.3 Å². The topological polar surface area (TPSA) is 68.9 Å². The van der Waals surface area contributed by atoms with Crippen molar-refractivity contribution >= 4 is 17.2 Å². The van der Waals surface area contributed by atoms with Crippen molar-refractivity contribution < 1.29 is 4.79 Å². The fraction of sp³-hybridized carbons (Fsp3) is 0. The number of nitrogens with two attached hydrogens (primary N) is 1. The van der Waals surface area contributed by atoms with Crippen molar-refractivity contribution in [1.82, 2.24) is 9.97 Å². The molecule has 0 bridgehead atoms. The van der Waals surface area contributed by atoms with Gasteiger partial charge < -0.3 is 5.73 Å². The predicted octanol–water partition coefficient (Wildman–Crippen LogP) is 2.97. The second-order valence-electron chi connectivity index (χ2n) is 4.16.